The van der Waals surface area contributed by atoms with E-state index in [1.165, 1.54) is 0 Å². The van der Waals surface area contributed by atoms with Crippen molar-refractivity contribution in [2.45, 2.75) is 26.3 Å². The molecule has 0 saturated carbocycles. The number of hydrogen-bond donors (Lipinski definition) is 2. The van der Waals surface area contributed by atoms with Crippen molar-refractivity contribution in [1.29, 1.82) is 0 Å². The van der Waals surface area contributed by atoms with Gasteiger partial charge in [0.15, 0.2) is 0 Å². The number of benzene rings is 2. The molecule has 1 atom stereocenters. The number of aryl methyl sites for hydroxylation is 1. The Hall–Kier alpha value is -2.82. The SMILES string of the molecule is CCOc1ccc([C@@H](CC(=O)O)NC(=O)c2cccc(C)c2)cc1. The highest BCUT2D eigenvalue weighted by Gasteiger charge is 2.19. The molecule has 0 aromatic heterocycles. The first kappa shape index (κ1) is 17.5. The first-order valence-electron chi connectivity index (χ1n) is 7.81. The number of aliphatic carboxylic acids is 1. The normalized spacial score (nSPS) is 11.6. The van der Waals surface area contributed by atoms with Gasteiger partial charge in [0.25, 0.3) is 5.91 Å². The minimum atomic E-state index is -0.974. The summed E-state index contributed by atoms with van der Waals surface area (Å²) in [5, 5.41) is 11.9. The van der Waals surface area contributed by atoms with Crippen molar-refractivity contribution in [3.63, 3.8) is 0 Å². The van der Waals surface area contributed by atoms with Crippen molar-refractivity contribution in [1.82, 2.24) is 5.32 Å². The Bertz CT molecular complexity index is 710. The molecule has 5 heteroatoms. The van der Waals surface area contributed by atoms with Crippen molar-refractivity contribution < 1.29 is 19.4 Å². The Morgan fingerprint density at radius 2 is 1.88 bits per heavy atom. The fourth-order valence-electron chi connectivity index (χ4n) is 2.42. The minimum Gasteiger partial charge on any atom is -0.494 e. The summed E-state index contributed by atoms with van der Waals surface area (Å²) in [6.45, 7) is 4.35. The summed E-state index contributed by atoms with van der Waals surface area (Å²) in [6, 6.07) is 13.7. The van der Waals surface area contributed by atoms with Gasteiger partial charge in [0.2, 0.25) is 0 Å². The van der Waals surface area contributed by atoms with E-state index in [0.29, 0.717) is 17.9 Å². The number of carbonyl (C=O) groups excluding carboxylic acids is 1. The van der Waals surface area contributed by atoms with E-state index in [1.807, 2.05) is 19.9 Å². The maximum Gasteiger partial charge on any atom is 0.305 e. The Balaban J connectivity index is 2.18. The lowest BCUT2D eigenvalue weighted by Crippen LogP contribution is -2.30. The molecule has 0 aliphatic carbocycles. The Labute approximate surface area is 141 Å². The summed E-state index contributed by atoms with van der Waals surface area (Å²) < 4.78 is 5.38. The summed E-state index contributed by atoms with van der Waals surface area (Å²) in [5.74, 6) is -0.558. The monoisotopic (exact) mass is 327 g/mol. The number of rotatable bonds is 7. The van der Waals surface area contributed by atoms with E-state index in [2.05, 4.69) is 5.32 Å². The second-order valence-corrected chi connectivity index (χ2v) is 5.50. The van der Waals surface area contributed by atoms with Crippen molar-refractivity contribution in [2.24, 2.45) is 0 Å². The molecule has 0 aliphatic heterocycles. The van der Waals surface area contributed by atoms with Gasteiger partial charge in [-0.15, -0.1) is 0 Å². The lowest BCUT2D eigenvalue weighted by atomic mass is 10.0. The first-order chi connectivity index (χ1) is 11.5. The summed E-state index contributed by atoms with van der Waals surface area (Å²) >= 11 is 0. The summed E-state index contributed by atoms with van der Waals surface area (Å²) in [6.07, 6.45) is -0.189. The van der Waals surface area contributed by atoms with Crippen LogP contribution in [0, 0.1) is 6.92 Å². The molecule has 2 aromatic carbocycles. The third-order valence-corrected chi connectivity index (χ3v) is 3.56. The van der Waals surface area contributed by atoms with Crippen LogP contribution in [0.2, 0.25) is 0 Å². The Morgan fingerprint density at radius 3 is 2.46 bits per heavy atom. The molecule has 0 fully saturated rings. The predicted molar refractivity (Wildman–Crippen MR) is 91.3 cm³/mol. The van der Waals surface area contributed by atoms with E-state index < -0.39 is 12.0 Å². The van der Waals surface area contributed by atoms with Crippen LogP contribution in [0.3, 0.4) is 0 Å². The zero-order chi connectivity index (χ0) is 17.5. The molecule has 0 aliphatic rings. The quantitative estimate of drug-likeness (QED) is 0.818. The van der Waals surface area contributed by atoms with Gasteiger partial charge >= 0.3 is 5.97 Å². The van der Waals surface area contributed by atoms with E-state index in [1.54, 1.807) is 42.5 Å². The average Bonchev–Trinajstić information content (AvgIpc) is 2.55. The Kier molecular flexibility index (Phi) is 5.95. The molecule has 2 rings (SSSR count). The third-order valence-electron chi connectivity index (χ3n) is 3.56. The van der Waals surface area contributed by atoms with Gasteiger partial charge in [-0.2, -0.15) is 0 Å². The zero-order valence-corrected chi connectivity index (χ0v) is 13.8. The van der Waals surface area contributed by atoms with Gasteiger partial charge in [0.1, 0.15) is 5.75 Å². The average molecular weight is 327 g/mol. The van der Waals surface area contributed by atoms with Gasteiger partial charge in [0.05, 0.1) is 19.1 Å². The number of ether oxygens (including phenoxy) is 1. The summed E-state index contributed by atoms with van der Waals surface area (Å²) in [4.78, 5) is 23.6. The first-order valence-corrected chi connectivity index (χ1v) is 7.81. The summed E-state index contributed by atoms with van der Waals surface area (Å²) in [5.41, 5.74) is 2.21. The molecule has 0 unspecified atom stereocenters. The highest BCUT2D eigenvalue weighted by atomic mass is 16.5. The van der Waals surface area contributed by atoms with Gasteiger partial charge in [-0.3, -0.25) is 9.59 Å². The van der Waals surface area contributed by atoms with Gasteiger partial charge in [-0.05, 0) is 43.7 Å². The van der Waals surface area contributed by atoms with Crippen LogP contribution in [0.1, 0.15) is 40.9 Å². The lowest BCUT2D eigenvalue weighted by Gasteiger charge is -2.18. The molecule has 5 nitrogen and oxygen atoms in total. The topological polar surface area (TPSA) is 75.6 Å². The van der Waals surface area contributed by atoms with Crippen LogP contribution < -0.4 is 10.1 Å². The van der Waals surface area contributed by atoms with E-state index in [9.17, 15) is 9.59 Å². The number of carbonyl (C=O) groups is 2. The molecular formula is C19H21NO4. The molecule has 1 amide bonds. The van der Waals surface area contributed by atoms with E-state index in [0.717, 1.165) is 11.1 Å². The molecule has 0 spiro atoms. The van der Waals surface area contributed by atoms with Crippen LogP contribution in [-0.2, 0) is 4.79 Å². The largest absolute Gasteiger partial charge is 0.494 e. The van der Waals surface area contributed by atoms with Crippen LogP contribution in [0.4, 0.5) is 0 Å². The van der Waals surface area contributed by atoms with Crippen molar-refractivity contribution in [2.75, 3.05) is 6.61 Å². The second-order valence-electron chi connectivity index (χ2n) is 5.50. The molecule has 24 heavy (non-hydrogen) atoms. The number of carboxylic acid groups (broad SMARTS) is 1. The third kappa shape index (κ3) is 4.84. The maximum atomic E-state index is 12.4. The predicted octanol–water partition coefficient (Wildman–Crippen LogP) is 3.34. The molecule has 2 aromatic rings. The van der Waals surface area contributed by atoms with Gasteiger partial charge < -0.3 is 15.2 Å². The zero-order valence-electron chi connectivity index (χ0n) is 13.8. The van der Waals surface area contributed by atoms with Crippen LogP contribution in [0.15, 0.2) is 48.5 Å². The molecular weight excluding hydrogens is 306 g/mol. The summed E-state index contributed by atoms with van der Waals surface area (Å²) in [7, 11) is 0. The van der Waals surface area contributed by atoms with Crippen LogP contribution in [-0.4, -0.2) is 23.6 Å². The van der Waals surface area contributed by atoms with Crippen molar-refractivity contribution >= 4 is 11.9 Å². The molecule has 0 heterocycles. The molecule has 0 saturated heterocycles. The Morgan fingerprint density at radius 1 is 1.17 bits per heavy atom. The number of carboxylic acids is 1. The molecule has 2 N–H and O–H groups in total. The van der Waals surface area contributed by atoms with Gasteiger partial charge in [-0.1, -0.05) is 29.8 Å². The smallest absolute Gasteiger partial charge is 0.305 e. The highest BCUT2D eigenvalue weighted by Crippen LogP contribution is 2.21. The van der Waals surface area contributed by atoms with Gasteiger partial charge in [-0.25, -0.2) is 0 Å². The molecule has 0 radical (unpaired) electrons. The van der Waals surface area contributed by atoms with Crippen LogP contribution >= 0.6 is 0 Å². The number of amides is 1. The second kappa shape index (κ2) is 8.15. The molecule has 126 valence electrons. The van der Waals surface area contributed by atoms with Crippen LogP contribution in [0.5, 0.6) is 5.75 Å². The van der Waals surface area contributed by atoms with Crippen LogP contribution in [0.25, 0.3) is 0 Å². The van der Waals surface area contributed by atoms with Crippen molar-refractivity contribution in [3.8, 4) is 5.75 Å². The minimum absolute atomic E-state index is 0.189. The fraction of sp³-hybridized carbons (Fsp3) is 0.263. The number of nitrogens with one attached hydrogen (secondary N) is 1. The number of hydrogen-bond acceptors (Lipinski definition) is 3. The maximum absolute atomic E-state index is 12.4. The fourth-order valence-corrected chi connectivity index (χ4v) is 2.42. The molecule has 0 bridgehead atoms. The van der Waals surface area contributed by atoms with E-state index in [4.69, 9.17) is 9.84 Å². The lowest BCUT2D eigenvalue weighted by molar-refractivity contribution is -0.137. The van der Waals surface area contributed by atoms with Crippen molar-refractivity contribution in [3.05, 3.63) is 65.2 Å². The highest BCUT2D eigenvalue weighted by molar-refractivity contribution is 5.94. The van der Waals surface area contributed by atoms with Gasteiger partial charge in [0, 0.05) is 5.56 Å². The standard InChI is InChI=1S/C19H21NO4/c1-3-24-16-9-7-14(8-10-16)17(12-18(21)22)20-19(23)15-6-4-5-13(2)11-15/h4-11,17H,3,12H2,1-2H3,(H,20,23)(H,21,22)/t17-/m1/s1. The van der Waals surface area contributed by atoms with E-state index >= 15 is 0 Å². The van der Waals surface area contributed by atoms with E-state index in [-0.39, 0.29) is 12.3 Å².